The van der Waals surface area contributed by atoms with Crippen LogP contribution in [0.1, 0.15) is 46.5 Å². The summed E-state index contributed by atoms with van der Waals surface area (Å²) >= 11 is 0. The van der Waals surface area contributed by atoms with Gasteiger partial charge in [-0.05, 0) is 52.5 Å². The van der Waals surface area contributed by atoms with Gasteiger partial charge in [0.05, 0.1) is 4.92 Å². The molecule has 8 heteroatoms. The van der Waals surface area contributed by atoms with Crippen LogP contribution >= 0.6 is 0 Å². The number of aromatic nitrogens is 1. The van der Waals surface area contributed by atoms with Crippen molar-refractivity contribution in [1.82, 2.24) is 10.3 Å². The molecule has 1 aromatic rings. The lowest BCUT2D eigenvalue weighted by Gasteiger charge is -2.40. The van der Waals surface area contributed by atoms with E-state index >= 15 is 0 Å². The number of rotatable bonds is 3. The minimum atomic E-state index is -0.507. The maximum absolute atomic E-state index is 12.0. The van der Waals surface area contributed by atoms with Crippen LogP contribution in [0.4, 0.5) is 16.3 Å². The van der Waals surface area contributed by atoms with Crippen LogP contribution in [0.3, 0.4) is 0 Å². The zero-order valence-electron chi connectivity index (χ0n) is 14.8. The van der Waals surface area contributed by atoms with Gasteiger partial charge in [0.2, 0.25) is 0 Å². The molecule has 2 fully saturated rings. The number of nitrogens with one attached hydrogen (secondary N) is 1. The maximum Gasteiger partial charge on any atom is 0.407 e. The van der Waals surface area contributed by atoms with Crippen LogP contribution in [0, 0.1) is 10.1 Å². The zero-order valence-corrected chi connectivity index (χ0v) is 14.8. The van der Waals surface area contributed by atoms with Gasteiger partial charge in [-0.15, -0.1) is 0 Å². The fraction of sp³-hybridized carbons (Fsp3) is 0.647. The van der Waals surface area contributed by atoms with Crippen LogP contribution in [0.25, 0.3) is 0 Å². The molecule has 2 bridgehead atoms. The number of hydrogen-bond donors (Lipinski definition) is 1. The third kappa shape index (κ3) is 4.00. The normalized spacial score (nSPS) is 25.6. The van der Waals surface area contributed by atoms with E-state index in [0.29, 0.717) is 0 Å². The van der Waals surface area contributed by atoms with Crippen molar-refractivity contribution < 1.29 is 14.5 Å². The molecule has 0 saturated carbocycles. The Labute approximate surface area is 146 Å². The number of anilines is 1. The lowest BCUT2D eigenvalue weighted by Crippen LogP contribution is -2.51. The Balaban J connectivity index is 1.64. The number of nitrogens with zero attached hydrogens (tertiary/aromatic N) is 3. The standard InChI is InChI=1S/C17H24N4O4/c1-17(2,3)25-16(22)19-11-8-12-4-5-13(9-11)20(12)15-7-6-14(10-18-15)21(23)24/h6-7,10-13H,4-5,8-9H2,1-3H3,(H,19,22)/t11?,12-,13+. The first-order chi connectivity index (χ1) is 11.7. The monoisotopic (exact) mass is 348 g/mol. The number of fused-ring (bicyclic) bond motifs is 2. The molecule has 2 aliphatic heterocycles. The highest BCUT2D eigenvalue weighted by Crippen LogP contribution is 2.38. The van der Waals surface area contributed by atoms with Crippen molar-refractivity contribution in [3.05, 3.63) is 28.4 Å². The SMILES string of the molecule is CC(C)(C)OC(=O)NC1C[C@H]2CC[C@@H](C1)N2c1ccc([N+](=O)[O-])cn1. The van der Waals surface area contributed by atoms with Crippen LogP contribution in [-0.4, -0.2) is 39.7 Å². The summed E-state index contributed by atoms with van der Waals surface area (Å²) in [5.41, 5.74) is -0.510. The highest BCUT2D eigenvalue weighted by atomic mass is 16.6. The lowest BCUT2D eigenvalue weighted by molar-refractivity contribution is -0.385. The molecule has 0 radical (unpaired) electrons. The van der Waals surface area contributed by atoms with Crippen LogP contribution in [0.5, 0.6) is 0 Å². The van der Waals surface area contributed by atoms with Crippen LogP contribution in [0.2, 0.25) is 0 Å². The van der Waals surface area contributed by atoms with Crippen LogP contribution in [0.15, 0.2) is 18.3 Å². The number of piperidine rings is 1. The summed E-state index contributed by atoms with van der Waals surface area (Å²) in [7, 11) is 0. The van der Waals surface area contributed by atoms with Crippen molar-refractivity contribution in [2.75, 3.05) is 4.90 Å². The van der Waals surface area contributed by atoms with Crippen molar-refractivity contribution in [3.63, 3.8) is 0 Å². The minimum Gasteiger partial charge on any atom is -0.444 e. The third-order valence-electron chi connectivity index (χ3n) is 4.66. The van der Waals surface area contributed by atoms with Gasteiger partial charge in [-0.2, -0.15) is 0 Å². The molecule has 1 N–H and O–H groups in total. The van der Waals surface area contributed by atoms with Crippen molar-refractivity contribution in [2.24, 2.45) is 0 Å². The summed E-state index contributed by atoms with van der Waals surface area (Å²) in [5, 5.41) is 13.7. The average molecular weight is 348 g/mol. The van der Waals surface area contributed by atoms with E-state index in [-0.39, 0.29) is 29.9 Å². The highest BCUT2D eigenvalue weighted by Gasteiger charge is 2.42. The zero-order chi connectivity index (χ0) is 18.2. The topological polar surface area (TPSA) is 97.6 Å². The molecular weight excluding hydrogens is 324 g/mol. The molecule has 1 unspecified atom stereocenters. The molecule has 2 saturated heterocycles. The van der Waals surface area contributed by atoms with Gasteiger partial charge in [-0.25, -0.2) is 9.78 Å². The largest absolute Gasteiger partial charge is 0.444 e. The van der Waals surface area contributed by atoms with E-state index in [1.54, 1.807) is 6.07 Å². The summed E-state index contributed by atoms with van der Waals surface area (Å²) < 4.78 is 5.34. The number of alkyl carbamates (subject to hydrolysis) is 1. The fourth-order valence-corrected chi connectivity index (χ4v) is 3.78. The van der Waals surface area contributed by atoms with E-state index < -0.39 is 10.5 Å². The number of carbonyl (C=O) groups is 1. The molecular formula is C17H24N4O4. The van der Waals surface area contributed by atoms with Gasteiger partial charge in [-0.3, -0.25) is 10.1 Å². The molecule has 136 valence electrons. The predicted octanol–water partition coefficient (Wildman–Crippen LogP) is 3.01. The Bertz CT molecular complexity index is 642. The van der Waals surface area contributed by atoms with Crippen molar-refractivity contribution in [1.29, 1.82) is 0 Å². The highest BCUT2D eigenvalue weighted by molar-refractivity contribution is 5.68. The summed E-state index contributed by atoms with van der Waals surface area (Å²) in [6.45, 7) is 5.54. The Morgan fingerprint density at radius 1 is 1.32 bits per heavy atom. The van der Waals surface area contributed by atoms with E-state index in [9.17, 15) is 14.9 Å². The molecule has 2 aliphatic rings. The Hall–Kier alpha value is -2.38. The Kier molecular flexibility index (Phi) is 4.53. The molecule has 8 nitrogen and oxygen atoms in total. The number of pyridine rings is 1. The minimum absolute atomic E-state index is 0.00225. The molecule has 1 amide bonds. The average Bonchev–Trinajstić information content (AvgIpc) is 2.76. The van der Waals surface area contributed by atoms with E-state index in [1.807, 2.05) is 20.8 Å². The maximum atomic E-state index is 12.0. The van der Waals surface area contributed by atoms with Crippen molar-refractivity contribution in [3.8, 4) is 0 Å². The predicted molar refractivity (Wildman–Crippen MR) is 92.6 cm³/mol. The Morgan fingerprint density at radius 3 is 2.44 bits per heavy atom. The molecule has 1 aromatic heterocycles. The fourth-order valence-electron chi connectivity index (χ4n) is 3.78. The lowest BCUT2D eigenvalue weighted by atomic mass is 9.97. The van der Waals surface area contributed by atoms with Gasteiger partial charge in [0.25, 0.3) is 5.69 Å². The number of carbonyl (C=O) groups excluding carboxylic acids is 1. The molecule has 3 atom stereocenters. The van der Waals surface area contributed by atoms with Crippen molar-refractivity contribution in [2.45, 2.75) is 70.2 Å². The van der Waals surface area contributed by atoms with Crippen molar-refractivity contribution >= 4 is 17.6 Å². The summed E-state index contributed by atoms with van der Waals surface area (Å²) in [4.78, 5) is 28.8. The molecule has 25 heavy (non-hydrogen) atoms. The first-order valence-electron chi connectivity index (χ1n) is 8.61. The van der Waals surface area contributed by atoms with Gasteiger partial charge in [0.1, 0.15) is 17.6 Å². The van der Waals surface area contributed by atoms with E-state index in [2.05, 4.69) is 15.2 Å². The quantitative estimate of drug-likeness (QED) is 0.666. The molecule has 0 spiro atoms. The van der Waals surface area contributed by atoms with Gasteiger partial charge in [0, 0.05) is 24.2 Å². The molecule has 3 rings (SSSR count). The molecule has 0 aliphatic carbocycles. The smallest absolute Gasteiger partial charge is 0.407 e. The second kappa shape index (κ2) is 6.50. The molecule has 3 heterocycles. The van der Waals surface area contributed by atoms with Crippen LogP contribution < -0.4 is 10.2 Å². The first kappa shape index (κ1) is 17.4. The second-order valence-electron chi connectivity index (χ2n) is 7.74. The third-order valence-corrected chi connectivity index (χ3v) is 4.66. The summed E-state index contributed by atoms with van der Waals surface area (Å²) in [5.74, 6) is 0.772. The van der Waals surface area contributed by atoms with Gasteiger partial charge in [-0.1, -0.05) is 0 Å². The number of ether oxygens (including phenoxy) is 1. The summed E-state index contributed by atoms with van der Waals surface area (Å²) in [6.07, 6.45) is 4.66. The van der Waals surface area contributed by atoms with E-state index in [4.69, 9.17) is 4.74 Å². The second-order valence-corrected chi connectivity index (χ2v) is 7.74. The van der Waals surface area contributed by atoms with Gasteiger partial charge >= 0.3 is 6.09 Å². The van der Waals surface area contributed by atoms with Gasteiger partial charge in [0.15, 0.2) is 0 Å². The number of amides is 1. The summed E-state index contributed by atoms with van der Waals surface area (Å²) in [6, 6.07) is 3.86. The number of nitro groups is 1. The van der Waals surface area contributed by atoms with Crippen LogP contribution in [-0.2, 0) is 4.74 Å². The van der Waals surface area contributed by atoms with E-state index in [0.717, 1.165) is 31.5 Å². The first-order valence-corrected chi connectivity index (χ1v) is 8.61. The number of hydrogen-bond acceptors (Lipinski definition) is 6. The van der Waals surface area contributed by atoms with E-state index in [1.165, 1.54) is 12.3 Å². The van der Waals surface area contributed by atoms with Gasteiger partial charge < -0.3 is 15.0 Å². The Morgan fingerprint density at radius 2 is 1.96 bits per heavy atom. The molecule has 0 aromatic carbocycles.